The molecule has 0 amide bonds. The highest BCUT2D eigenvalue weighted by molar-refractivity contribution is 9.10. The number of unbranched alkanes of at least 4 members (excludes halogenated alkanes) is 2. The molecule has 0 aliphatic heterocycles. The van der Waals surface area contributed by atoms with Crippen molar-refractivity contribution in [2.45, 2.75) is 32.6 Å². The fourth-order valence-corrected chi connectivity index (χ4v) is 3.64. The van der Waals surface area contributed by atoms with Crippen LogP contribution in [0.1, 0.15) is 37.6 Å². The Bertz CT molecular complexity index is 901. The van der Waals surface area contributed by atoms with Crippen molar-refractivity contribution in [3.05, 3.63) is 39.9 Å². The van der Waals surface area contributed by atoms with Crippen molar-refractivity contribution >= 4 is 37.2 Å². The molecule has 1 heterocycles. The van der Waals surface area contributed by atoms with E-state index in [0.29, 0.717) is 35.7 Å². The van der Waals surface area contributed by atoms with E-state index < -0.39 is 15.5 Å². The van der Waals surface area contributed by atoms with Gasteiger partial charge in [-0.15, -0.1) is 0 Å². The second-order valence-corrected chi connectivity index (χ2v) is 9.31. The minimum absolute atomic E-state index is 0.0323. The van der Waals surface area contributed by atoms with Gasteiger partial charge >= 0.3 is 0 Å². The van der Waals surface area contributed by atoms with Gasteiger partial charge in [0.25, 0.3) is 0 Å². The van der Waals surface area contributed by atoms with Crippen molar-refractivity contribution < 1.29 is 18.4 Å². The minimum Gasteiger partial charge on any atom is -0.290 e. The summed E-state index contributed by atoms with van der Waals surface area (Å²) >= 11 is 3.08. The number of hydroxylamine groups is 1. The van der Waals surface area contributed by atoms with E-state index >= 15 is 0 Å². The molecule has 0 saturated carbocycles. The lowest BCUT2D eigenvalue weighted by Gasteiger charge is -2.05. The summed E-state index contributed by atoms with van der Waals surface area (Å²) in [6, 6.07) is 4.17. The smallest absolute Gasteiger partial charge is 0.181 e. The van der Waals surface area contributed by atoms with Gasteiger partial charge in [-0.25, -0.2) is 18.2 Å². The maximum Gasteiger partial charge on any atom is 0.181 e. The lowest BCUT2D eigenvalue weighted by molar-refractivity contribution is 0.234. The molecule has 1 aromatic heterocycles. The summed E-state index contributed by atoms with van der Waals surface area (Å²) < 4.78 is 37.6. The largest absolute Gasteiger partial charge is 0.290 e. The molecule has 0 aliphatic carbocycles. The first-order valence-electron chi connectivity index (χ1n) is 8.36. The molecule has 27 heavy (non-hydrogen) atoms. The Morgan fingerprint density at radius 2 is 2.19 bits per heavy atom. The summed E-state index contributed by atoms with van der Waals surface area (Å²) in [6.07, 6.45) is 2.74. The van der Waals surface area contributed by atoms with Crippen LogP contribution in [-0.2, 0) is 16.1 Å². The van der Waals surface area contributed by atoms with Crippen LogP contribution < -0.4 is 5.48 Å². The van der Waals surface area contributed by atoms with Crippen molar-refractivity contribution in [1.82, 2.24) is 15.8 Å². The molecule has 2 aromatic rings. The van der Waals surface area contributed by atoms with E-state index in [1.54, 1.807) is 6.92 Å². The quantitative estimate of drug-likeness (QED) is 0.225. The summed E-state index contributed by atoms with van der Waals surface area (Å²) in [5, 5.41) is 17.0. The molecule has 11 heteroatoms. The first kappa shape index (κ1) is 21.5. The van der Waals surface area contributed by atoms with Gasteiger partial charge in [0.1, 0.15) is 11.5 Å². The predicted octanol–water partition coefficient (Wildman–Crippen LogP) is 3.81. The Labute approximate surface area is 165 Å². The van der Waals surface area contributed by atoms with Crippen LogP contribution in [0, 0.1) is 10.6 Å². The van der Waals surface area contributed by atoms with E-state index in [0.717, 1.165) is 12.8 Å². The lowest BCUT2D eigenvalue weighted by Crippen LogP contribution is -2.22. The minimum atomic E-state index is -2.46. The van der Waals surface area contributed by atoms with Gasteiger partial charge in [0.05, 0.1) is 10.2 Å². The number of aromatic nitrogens is 2. The van der Waals surface area contributed by atoms with Crippen LogP contribution in [0.3, 0.4) is 0 Å². The standard InChI is InChI=1S/C16H21BrFN5O3S/c1-2-27(19,25)9-5-3-4-6-14-15(23-26-22-14)16(21-24)20-11-7-8-13(18)12(17)10-11/h7-8,10,19,24H,2-6,9H2,1H3,(H,20,21). The summed E-state index contributed by atoms with van der Waals surface area (Å²) in [6.45, 7) is 1.76. The van der Waals surface area contributed by atoms with Crippen molar-refractivity contribution in [3.8, 4) is 0 Å². The van der Waals surface area contributed by atoms with E-state index in [9.17, 15) is 13.8 Å². The first-order chi connectivity index (χ1) is 12.9. The predicted molar refractivity (Wildman–Crippen MR) is 103 cm³/mol. The zero-order valence-corrected chi connectivity index (χ0v) is 17.1. The van der Waals surface area contributed by atoms with E-state index in [1.165, 1.54) is 18.2 Å². The Hall–Kier alpha value is -1.85. The molecule has 148 valence electrons. The third kappa shape index (κ3) is 6.36. The number of amidine groups is 1. The molecule has 3 N–H and O–H groups in total. The molecule has 0 spiro atoms. The van der Waals surface area contributed by atoms with Gasteiger partial charge in [0, 0.05) is 21.2 Å². The molecule has 0 aliphatic rings. The van der Waals surface area contributed by atoms with Crippen LogP contribution in [-0.4, -0.2) is 37.1 Å². The number of nitrogens with one attached hydrogen (secondary N) is 2. The number of halogens is 2. The Balaban J connectivity index is 2.03. The van der Waals surface area contributed by atoms with Crippen LogP contribution in [0.4, 0.5) is 10.1 Å². The van der Waals surface area contributed by atoms with E-state index in [4.69, 9.17) is 9.41 Å². The summed E-state index contributed by atoms with van der Waals surface area (Å²) in [4.78, 5) is 4.20. The van der Waals surface area contributed by atoms with Crippen molar-refractivity contribution in [2.24, 2.45) is 4.99 Å². The topological polar surface area (TPSA) is 124 Å². The number of rotatable bonds is 9. The number of benzene rings is 1. The summed E-state index contributed by atoms with van der Waals surface area (Å²) in [7, 11) is -2.46. The third-order valence-electron chi connectivity index (χ3n) is 3.88. The maximum absolute atomic E-state index is 13.3. The average Bonchev–Trinajstić information content (AvgIpc) is 3.10. The molecule has 1 atom stereocenters. The number of hydrogen-bond donors (Lipinski definition) is 3. The molecule has 1 unspecified atom stereocenters. The second kappa shape index (κ2) is 9.90. The van der Waals surface area contributed by atoms with Gasteiger partial charge in [-0.05, 0) is 58.5 Å². The number of hydrogen-bond acceptors (Lipinski definition) is 7. The highest BCUT2D eigenvalue weighted by Gasteiger charge is 2.16. The Morgan fingerprint density at radius 3 is 2.85 bits per heavy atom. The average molecular weight is 462 g/mol. The van der Waals surface area contributed by atoms with Crippen molar-refractivity contribution in [1.29, 1.82) is 4.78 Å². The van der Waals surface area contributed by atoms with E-state index in [-0.39, 0.29) is 16.0 Å². The molecule has 0 fully saturated rings. The summed E-state index contributed by atoms with van der Waals surface area (Å²) in [5.74, 6) is 0.365. The van der Waals surface area contributed by atoms with Crippen LogP contribution in [0.5, 0.6) is 0 Å². The van der Waals surface area contributed by atoms with Gasteiger partial charge < -0.3 is 0 Å². The Morgan fingerprint density at radius 1 is 1.41 bits per heavy atom. The van der Waals surface area contributed by atoms with Gasteiger partial charge in [-0.2, -0.15) is 0 Å². The molecular weight excluding hydrogens is 441 g/mol. The monoisotopic (exact) mass is 461 g/mol. The van der Waals surface area contributed by atoms with Crippen LogP contribution in [0.2, 0.25) is 0 Å². The van der Waals surface area contributed by atoms with Gasteiger partial charge in [-0.3, -0.25) is 15.5 Å². The second-order valence-electron chi connectivity index (χ2n) is 5.85. The van der Waals surface area contributed by atoms with Crippen LogP contribution >= 0.6 is 15.9 Å². The number of nitrogens with zero attached hydrogens (tertiary/aromatic N) is 3. The first-order valence-corrected chi connectivity index (χ1v) is 11.0. The molecule has 2 rings (SSSR count). The maximum atomic E-state index is 13.3. The highest BCUT2D eigenvalue weighted by Crippen LogP contribution is 2.23. The third-order valence-corrected chi connectivity index (χ3v) is 6.37. The van der Waals surface area contributed by atoms with E-state index in [2.05, 4.69) is 31.2 Å². The molecule has 0 bridgehead atoms. The van der Waals surface area contributed by atoms with Crippen LogP contribution in [0.15, 0.2) is 32.3 Å². The SMILES string of the molecule is CCS(=N)(=O)CCCCCc1nonc1C(=Nc1ccc(F)c(Br)c1)NO. The zero-order valence-electron chi connectivity index (χ0n) is 14.7. The molecule has 0 radical (unpaired) electrons. The number of aryl methyl sites for hydroxylation is 1. The zero-order chi connectivity index (χ0) is 19.9. The van der Waals surface area contributed by atoms with Crippen molar-refractivity contribution in [2.75, 3.05) is 11.5 Å². The normalized spacial score (nSPS) is 14.1. The summed E-state index contributed by atoms with van der Waals surface area (Å²) in [5.41, 5.74) is 3.15. The fourth-order valence-electron chi connectivity index (χ4n) is 2.31. The highest BCUT2D eigenvalue weighted by atomic mass is 79.9. The van der Waals surface area contributed by atoms with Gasteiger partial charge in [0.2, 0.25) is 0 Å². The van der Waals surface area contributed by atoms with Crippen LogP contribution in [0.25, 0.3) is 0 Å². The Kier molecular flexibility index (Phi) is 7.87. The molecule has 8 nitrogen and oxygen atoms in total. The fraction of sp³-hybridized carbons (Fsp3) is 0.438. The lowest BCUT2D eigenvalue weighted by atomic mass is 10.1. The van der Waals surface area contributed by atoms with Gasteiger partial charge in [0.15, 0.2) is 11.5 Å². The van der Waals surface area contributed by atoms with E-state index in [1.807, 2.05) is 5.48 Å². The molecule has 1 aromatic carbocycles. The number of aliphatic imine (C=N–C) groups is 1. The van der Waals surface area contributed by atoms with Crippen molar-refractivity contribution in [3.63, 3.8) is 0 Å². The molecule has 0 saturated heterocycles. The molecular formula is C16H21BrFN5O3S. The van der Waals surface area contributed by atoms with Gasteiger partial charge in [-0.1, -0.05) is 18.5 Å².